The second kappa shape index (κ2) is 8.87. The Morgan fingerprint density at radius 2 is 1.96 bits per heavy atom. The van der Waals surface area contributed by atoms with Gasteiger partial charge in [-0.25, -0.2) is 0 Å². The molecule has 0 saturated heterocycles. The van der Waals surface area contributed by atoms with Crippen molar-refractivity contribution in [2.75, 3.05) is 23.0 Å². The molecule has 0 unspecified atom stereocenters. The molecule has 0 aliphatic carbocycles. The van der Waals surface area contributed by atoms with Crippen molar-refractivity contribution in [3.8, 4) is 0 Å². The van der Waals surface area contributed by atoms with Gasteiger partial charge < -0.3 is 15.7 Å². The summed E-state index contributed by atoms with van der Waals surface area (Å²) < 4.78 is 0. The quantitative estimate of drug-likeness (QED) is 0.731. The molecule has 1 aliphatic heterocycles. The summed E-state index contributed by atoms with van der Waals surface area (Å²) in [5.41, 5.74) is 3.74. The summed E-state index contributed by atoms with van der Waals surface area (Å²) in [6.07, 6.45) is 2.14. The zero-order chi connectivity index (χ0) is 18.4. The van der Waals surface area contributed by atoms with Crippen molar-refractivity contribution >= 4 is 35.0 Å². The molecule has 26 heavy (non-hydrogen) atoms. The number of rotatable bonds is 6. The zero-order valence-electron chi connectivity index (χ0n) is 14.4. The fraction of sp³-hybridized carbons (Fsp3) is 0.300. The summed E-state index contributed by atoms with van der Waals surface area (Å²) in [6.45, 7) is 0.107. The summed E-state index contributed by atoms with van der Waals surface area (Å²) in [5.74, 6) is 0.0629. The molecule has 5 nitrogen and oxygen atoms in total. The van der Waals surface area contributed by atoms with Gasteiger partial charge in [0.1, 0.15) is 0 Å². The second-order valence-corrected chi connectivity index (χ2v) is 7.39. The summed E-state index contributed by atoms with van der Waals surface area (Å²) in [5, 5.41) is 14.5. The minimum atomic E-state index is -0.236. The van der Waals surface area contributed by atoms with Crippen LogP contribution in [0.4, 0.5) is 11.4 Å². The topological polar surface area (TPSA) is 78.4 Å². The van der Waals surface area contributed by atoms with Crippen molar-refractivity contribution in [3.63, 3.8) is 0 Å². The van der Waals surface area contributed by atoms with Gasteiger partial charge in [0.15, 0.2) is 0 Å². The van der Waals surface area contributed by atoms with Crippen molar-refractivity contribution in [2.24, 2.45) is 0 Å². The molecule has 2 aromatic carbocycles. The first-order valence-corrected chi connectivity index (χ1v) is 9.70. The van der Waals surface area contributed by atoms with E-state index in [1.54, 1.807) is 0 Å². The first-order valence-electron chi connectivity index (χ1n) is 8.66. The van der Waals surface area contributed by atoms with E-state index < -0.39 is 0 Å². The van der Waals surface area contributed by atoms with Crippen LogP contribution >= 0.6 is 11.8 Å². The maximum absolute atomic E-state index is 12.4. The molecule has 1 atom stereocenters. The van der Waals surface area contributed by atoms with Gasteiger partial charge in [-0.1, -0.05) is 30.3 Å². The molecule has 0 fully saturated rings. The monoisotopic (exact) mass is 370 g/mol. The van der Waals surface area contributed by atoms with Gasteiger partial charge in [-0.3, -0.25) is 9.59 Å². The summed E-state index contributed by atoms with van der Waals surface area (Å²) in [6, 6.07) is 15.2. The van der Waals surface area contributed by atoms with Crippen molar-refractivity contribution in [1.82, 2.24) is 0 Å². The van der Waals surface area contributed by atoms with E-state index in [0.29, 0.717) is 6.42 Å². The van der Waals surface area contributed by atoms with Gasteiger partial charge in [-0.2, -0.15) is 0 Å². The molecule has 0 saturated carbocycles. The average molecular weight is 370 g/mol. The van der Waals surface area contributed by atoms with Gasteiger partial charge in [-0.15, -0.1) is 11.8 Å². The van der Waals surface area contributed by atoms with Crippen LogP contribution in [0, 0.1) is 0 Å². The summed E-state index contributed by atoms with van der Waals surface area (Å²) in [7, 11) is 0. The molecule has 3 N–H and O–H groups in total. The molecule has 0 bridgehead atoms. The Balaban J connectivity index is 1.50. The minimum absolute atomic E-state index is 0.0406. The lowest BCUT2D eigenvalue weighted by Crippen LogP contribution is -2.26. The molecule has 1 heterocycles. The van der Waals surface area contributed by atoms with E-state index in [1.807, 2.05) is 48.5 Å². The fourth-order valence-corrected chi connectivity index (χ4v) is 3.83. The van der Waals surface area contributed by atoms with Crippen LogP contribution in [0.25, 0.3) is 0 Å². The highest BCUT2D eigenvalue weighted by atomic mass is 32.2. The number of aryl methyl sites for hydroxylation is 1. The third kappa shape index (κ3) is 4.86. The molecule has 2 aromatic rings. The smallest absolute Gasteiger partial charge is 0.237 e. The molecule has 136 valence electrons. The number of anilines is 2. The molecule has 2 amide bonds. The van der Waals surface area contributed by atoms with Gasteiger partial charge in [0.05, 0.1) is 11.0 Å². The van der Waals surface area contributed by atoms with Crippen LogP contribution in [0.1, 0.15) is 17.5 Å². The number of carbonyl (C=O) groups excluding carboxylic acids is 2. The number of fused-ring (bicyclic) bond motifs is 1. The number of nitrogens with one attached hydrogen (secondary N) is 2. The van der Waals surface area contributed by atoms with E-state index in [9.17, 15) is 9.59 Å². The Labute approximate surface area is 157 Å². The molecule has 0 spiro atoms. The van der Waals surface area contributed by atoms with Gasteiger partial charge in [0, 0.05) is 18.0 Å². The standard InChI is InChI=1S/C20H22N2O3S/c23-12-11-14-5-8-16(9-6-14)21-19(24)13-26-18-10-7-15-3-1-2-4-17(15)22-20(18)25/h1-6,8-9,18,23H,7,10-13H2,(H,21,24)(H,22,25)/t18-/m0/s1. The highest BCUT2D eigenvalue weighted by Gasteiger charge is 2.24. The largest absolute Gasteiger partial charge is 0.396 e. The number of hydrogen-bond donors (Lipinski definition) is 3. The van der Waals surface area contributed by atoms with Crippen LogP contribution in [0.5, 0.6) is 0 Å². The van der Waals surface area contributed by atoms with Gasteiger partial charge in [-0.05, 0) is 48.6 Å². The number of amides is 2. The van der Waals surface area contributed by atoms with Crippen LogP contribution in [-0.2, 0) is 22.4 Å². The van der Waals surface area contributed by atoms with Crippen molar-refractivity contribution in [2.45, 2.75) is 24.5 Å². The Bertz CT molecular complexity index is 777. The number of hydrogen-bond acceptors (Lipinski definition) is 4. The van der Waals surface area contributed by atoms with E-state index in [-0.39, 0.29) is 29.4 Å². The Morgan fingerprint density at radius 3 is 2.73 bits per heavy atom. The molecule has 3 rings (SSSR count). The third-order valence-electron chi connectivity index (χ3n) is 4.30. The van der Waals surface area contributed by atoms with Crippen molar-refractivity contribution in [1.29, 1.82) is 0 Å². The van der Waals surface area contributed by atoms with Crippen molar-refractivity contribution < 1.29 is 14.7 Å². The van der Waals surface area contributed by atoms with E-state index in [2.05, 4.69) is 10.6 Å². The molecular weight excluding hydrogens is 348 g/mol. The van der Waals surface area contributed by atoms with Gasteiger partial charge in [0.25, 0.3) is 0 Å². The van der Waals surface area contributed by atoms with Gasteiger partial charge in [0.2, 0.25) is 11.8 Å². The predicted octanol–water partition coefficient (Wildman–Crippen LogP) is 2.85. The predicted molar refractivity (Wildman–Crippen MR) is 106 cm³/mol. The second-order valence-electron chi connectivity index (χ2n) is 6.20. The normalized spacial score (nSPS) is 16.3. The molecule has 0 radical (unpaired) electrons. The maximum atomic E-state index is 12.4. The fourth-order valence-electron chi connectivity index (χ4n) is 2.91. The number of para-hydroxylation sites is 1. The van der Waals surface area contributed by atoms with Crippen LogP contribution in [0.3, 0.4) is 0 Å². The lowest BCUT2D eigenvalue weighted by molar-refractivity contribution is -0.115. The SMILES string of the molecule is O=C(CS[C@H]1CCc2ccccc2NC1=O)Nc1ccc(CCO)cc1. The molecule has 0 aromatic heterocycles. The Morgan fingerprint density at radius 1 is 1.19 bits per heavy atom. The van der Waals surface area contributed by atoms with Crippen LogP contribution in [-0.4, -0.2) is 34.5 Å². The third-order valence-corrected chi connectivity index (χ3v) is 5.58. The Hall–Kier alpha value is -2.31. The number of benzene rings is 2. The number of carbonyl (C=O) groups is 2. The van der Waals surface area contributed by atoms with E-state index in [1.165, 1.54) is 11.8 Å². The highest BCUT2D eigenvalue weighted by molar-refractivity contribution is 8.01. The average Bonchev–Trinajstić information content (AvgIpc) is 2.80. The zero-order valence-corrected chi connectivity index (χ0v) is 15.2. The molecular formula is C20H22N2O3S. The van der Waals surface area contributed by atoms with Crippen LogP contribution in [0.15, 0.2) is 48.5 Å². The Kier molecular flexibility index (Phi) is 6.30. The number of thioether (sulfide) groups is 1. The lowest BCUT2D eigenvalue weighted by atomic mass is 10.1. The van der Waals surface area contributed by atoms with Gasteiger partial charge >= 0.3 is 0 Å². The van der Waals surface area contributed by atoms with E-state index >= 15 is 0 Å². The summed E-state index contributed by atoms with van der Waals surface area (Å²) >= 11 is 1.37. The molecule has 1 aliphatic rings. The highest BCUT2D eigenvalue weighted by Crippen LogP contribution is 2.27. The minimum Gasteiger partial charge on any atom is -0.396 e. The number of aliphatic hydroxyl groups is 1. The first-order chi connectivity index (χ1) is 12.7. The lowest BCUT2D eigenvalue weighted by Gasteiger charge is -2.13. The number of aliphatic hydroxyl groups excluding tert-OH is 1. The molecule has 6 heteroatoms. The maximum Gasteiger partial charge on any atom is 0.237 e. The van der Waals surface area contributed by atoms with Crippen LogP contribution in [0.2, 0.25) is 0 Å². The van der Waals surface area contributed by atoms with Crippen LogP contribution < -0.4 is 10.6 Å². The van der Waals surface area contributed by atoms with Crippen molar-refractivity contribution in [3.05, 3.63) is 59.7 Å². The van der Waals surface area contributed by atoms with E-state index in [4.69, 9.17) is 5.11 Å². The first kappa shape index (κ1) is 18.5. The summed E-state index contributed by atoms with van der Waals surface area (Å²) in [4.78, 5) is 24.5. The van der Waals surface area contributed by atoms with E-state index in [0.717, 1.165) is 35.3 Å².